The molecule has 1 heterocycles. The van der Waals surface area contributed by atoms with Crippen LogP contribution in [0.3, 0.4) is 0 Å². The fourth-order valence-corrected chi connectivity index (χ4v) is 5.18. The predicted molar refractivity (Wildman–Crippen MR) is 144 cm³/mol. The first-order valence-electron chi connectivity index (χ1n) is 12.0. The first kappa shape index (κ1) is 25.3. The number of rotatable bonds is 7. The Morgan fingerprint density at radius 2 is 1.66 bits per heavy atom. The number of hydrogen-bond donors (Lipinski definition) is 1. The van der Waals surface area contributed by atoms with Crippen molar-refractivity contribution in [3.05, 3.63) is 114 Å². The molecule has 1 aliphatic heterocycles. The number of hydrogen-bond acceptors (Lipinski definition) is 6. The van der Waals surface area contributed by atoms with Gasteiger partial charge in [-0.05, 0) is 53.2 Å². The van der Waals surface area contributed by atoms with Crippen molar-refractivity contribution >= 4 is 38.4 Å². The van der Waals surface area contributed by atoms with Crippen LogP contribution >= 0.6 is 0 Å². The minimum Gasteiger partial charge on any atom is -0.452 e. The molecule has 4 aromatic rings. The predicted octanol–water partition coefficient (Wildman–Crippen LogP) is 4.28. The van der Waals surface area contributed by atoms with E-state index in [0.29, 0.717) is 6.42 Å². The molecule has 0 fully saturated rings. The second-order valence-corrected chi connectivity index (χ2v) is 10.7. The monoisotopic (exact) mass is 527 g/mol. The number of nitrogens with one attached hydrogen (secondary N) is 1. The summed E-state index contributed by atoms with van der Waals surface area (Å²) in [5.74, 6) is -1.29. The molecule has 192 valence electrons. The summed E-state index contributed by atoms with van der Waals surface area (Å²) < 4.78 is 31.6. The van der Waals surface area contributed by atoms with Crippen molar-refractivity contribution in [2.75, 3.05) is 13.7 Å². The van der Waals surface area contributed by atoms with Crippen LogP contribution < -0.4 is 4.72 Å². The van der Waals surface area contributed by atoms with Gasteiger partial charge in [-0.15, -0.1) is 0 Å². The van der Waals surface area contributed by atoms with Crippen molar-refractivity contribution in [3.63, 3.8) is 0 Å². The second kappa shape index (κ2) is 10.6. The lowest BCUT2D eigenvalue weighted by Crippen LogP contribution is -2.31. The molecule has 1 aliphatic rings. The van der Waals surface area contributed by atoms with E-state index < -0.39 is 28.5 Å². The smallest absolute Gasteiger partial charge is 0.338 e. The van der Waals surface area contributed by atoms with Gasteiger partial charge in [0, 0.05) is 6.42 Å². The van der Waals surface area contributed by atoms with Gasteiger partial charge < -0.3 is 4.74 Å². The summed E-state index contributed by atoms with van der Waals surface area (Å²) in [5, 5.41) is 8.21. The third kappa shape index (κ3) is 5.20. The average Bonchev–Trinajstić information content (AvgIpc) is 3.42. The number of esters is 1. The van der Waals surface area contributed by atoms with Crippen LogP contribution in [-0.2, 0) is 19.6 Å². The molecule has 1 N–H and O–H groups in total. The van der Waals surface area contributed by atoms with Crippen LogP contribution in [0, 0.1) is 0 Å². The number of ether oxygens (including phenoxy) is 1. The summed E-state index contributed by atoms with van der Waals surface area (Å²) in [4.78, 5) is 25.8. The molecule has 1 atom stereocenters. The molecule has 0 bridgehead atoms. The van der Waals surface area contributed by atoms with E-state index in [9.17, 15) is 18.0 Å². The molecule has 0 saturated carbocycles. The molecule has 0 spiro atoms. The maximum atomic E-state index is 13.3. The highest BCUT2D eigenvalue weighted by atomic mass is 32.2. The largest absolute Gasteiger partial charge is 0.452 e. The summed E-state index contributed by atoms with van der Waals surface area (Å²) in [5.41, 5.74) is 2.61. The molecule has 1 amide bonds. The van der Waals surface area contributed by atoms with E-state index in [1.807, 2.05) is 66.7 Å². The summed E-state index contributed by atoms with van der Waals surface area (Å²) in [6, 6.07) is 28.8. The SMILES string of the molecule is CNS(=O)(=O)c1cccc(C(=O)OCC(=O)N2N=C(c3ccc4ccccc4c3)CC2c2ccccc2)c1. The molecule has 9 heteroatoms. The molecule has 5 rings (SSSR count). The van der Waals surface area contributed by atoms with E-state index in [-0.39, 0.29) is 16.5 Å². The minimum atomic E-state index is -3.73. The minimum absolute atomic E-state index is 0.0236. The molecule has 38 heavy (non-hydrogen) atoms. The normalized spacial score (nSPS) is 15.3. The summed E-state index contributed by atoms with van der Waals surface area (Å²) in [6.45, 7) is -0.542. The molecule has 0 radical (unpaired) electrons. The first-order chi connectivity index (χ1) is 18.4. The second-order valence-electron chi connectivity index (χ2n) is 8.79. The van der Waals surface area contributed by atoms with Gasteiger partial charge >= 0.3 is 5.97 Å². The van der Waals surface area contributed by atoms with E-state index in [1.54, 1.807) is 0 Å². The number of carbonyl (C=O) groups is 2. The van der Waals surface area contributed by atoms with Crippen molar-refractivity contribution < 1.29 is 22.7 Å². The lowest BCUT2D eigenvalue weighted by molar-refractivity contribution is -0.136. The Morgan fingerprint density at radius 3 is 2.42 bits per heavy atom. The first-order valence-corrected chi connectivity index (χ1v) is 13.5. The zero-order valence-corrected chi connectivity index (χ0v) is 21.4. The van der Waals surface area contributed by atoms with Crippen LogP contribution in [0.15, 0.2) is 107 Å². The molecule has 8 nitrogen and oxygen atoms in total. The highest BCUT2D eigenvalue weighted by Crippen LogP contribution is 2.33. The van der Waals surface area contributed by atoms with Crippen LogP contribution in [0.4, 0.5) is 0 Å². The number of nitrogens with zero attached hydrogens (tertiary/aromatic N) is 2. The van der Waals surface area contributed by atoms with Crippen LogP contribution in [0.5, 0.6) is 0 Å². The van der Waals surface area contributed by atoms with Crippen LogP contribution in [0.25, 0.3) is 10.8 Å². The maximum absolute atomic E-state index is 13.3. The number of amides is 1. The topological polar surface area (TPSA) is 105 Å². The molecular weight excluding hydrogens is 502 g/mol. The van der Waals surface area contributed by atoms with Crippen LogP contribution in [0.1, 0.15) is 33.9 Å². The van der Waals surface area contributed by atoms with Gasteiger partial charge in [-0.3, -0.25) is 4.79 Å². The highest BCUT2D eigenvalue weighted by Gasteiger charge is 2.33. The Morgan fingerprint density at radius 1 is 0.921 bits per heavy atom. The summed E-state index contributed by atoms with van der Waals surface area (Å²) in [7, 11) is -2.45. The lowest BCUT2D eigenvalue weighted by Gasteiger charge is -2.22. The Hall–Kier alpha value is -4.34. The lowest BCUT2D eigenvalue weighted by atomic mass is 9.97. The van der Waals surface area contributed by atoms with Gasteiger partial charge in [0.05, 0.1) is 22.2 Å². The van der Waals surface area contributed by atoms with Gasteiger partial charge in [0.25, 0.3) is 5.91 Å². The Kier molecular flexibility index (Phi) is 7.04. The third-order valence-corrected chi connectivity index (χ3v) is 7.82. The van der Waals surface area contributed by atoms with Crippen molar-refractivity contribution in [3.8, 4) is 0 Å². The Balaban J connectivity index is 1.37. The standard InChI is InChI=1S/C29H25N3O5S/c1-30-38(35,36)25-13-7-12-24(17-25)29(34)37-19-28(33)32-27(21-9-3-2-4-10-21)18-26(31-32)23-15-14-20-8-5-6-11-22(20)16-23/h2-17,27,30H,18-19H2,1H3. The molecule has 0 saturated heterocycles. The maximum Gasteiger partial charge on any atom is 0.338 e. The summed E-state index contributed by atoms with van der Waals surface area (Å²) in [6.07, 6.45) is 0.506. The summed E-state index contributed by atoms with van der Waals surface area (Å²) >= 11 is 0. The van der Waals surface area contributed by atoms with Gasteiger partial charge in [0.2, 0.25) is 10.0 Å². The van der Waals surface area contributed by atoms with E-state index in [0.717, 1.165) is 27.6 Å². The molecule has 0 aliphatic carbocycles. The molecule has 0 aromatic heterocycles. The van der Waals surface area contributed by atoms with Gasteiger partial charge in [-0.2, -0.15) is 5.10 Å². The Labute approximate surface area is 220 Å². The van der Waals surface area contributed by atoms with E-state index in [2.05, 4.69) is 15.9 Å². The van der Waals surface area contributed by atoms with Crippen molar-refractivity contribution in [2.45, 2.75) is 17.4 Å². The average molecular weight is 528 g/mol. The highest BCUT2D eigenvalue weighted by molar-refractivity contribution is 7.89. The van der Waals surface area contributed by atoms with E-state index in [4.69, 9.17) is 4.74 Å². The zero-order valence-electron chi connectivity index (χ0n) is 20.6. The molecular formula is C29H25N3O5S. The van der Waals surface area contributed by atoms with Crippen molar-refractivity contribution in [2.24, 2.45) is 5.10 Å². The van der Waals surface area contributed by atoms with Crippen LogP contribution in [0.2, 0.25) is 0 Å². The molecule has 4 aromatic carbocycles. The van der Waals surface area contributed by atoms with Gasteiger partial charge in [0.1, 0.15) is 0 Å². The number of benzene rings is 4. The number of carbonyl (C=O) groups excluding carboxylic acids is 2. The van der Waals surface area contributed by atoms with E-state index >= 15 is 0 Å². The fraction of sp³-hybridized carbons (Fsp3) is 0.138. The van der Waals surface area contributed by atoms with Gasteiger partial charge in [-0.1, -0.05) is 72.8 Å². The van der Waals surface area contributed by atoms with Crippen molar-refractivity contribution in [1.82, 2.24) is 9.73 Å². The number of sulfonamides is 1. The molecule has 1 unspecified atom stereocenters. The number of hydrazone groups is 1. The van der Waals surface area contributed by atoms with E-state index in [1.165, 1.54) is 36.3 Å². The van der Waals surface area contributed by atoms with Gasteiger partial charge in [-0.25, -0.2) is 22.9 Å². The fourth-order valence-electron chi connectivity index (χ4n) is 4.40. The third-order valence-electron chi connectivity index (χ3n) is 6.41. The zero-order chi connectivity index (χ0) is 26.7. The number of fused-ring (bicyclic) bond motifs is 1. The quantitative estimate of drug-likeness (QED) is 0.361. The Bertz CT molecular complexity index is 1650. The van der Waals surface area contributed by atoms with Gasteiger partial charge in [0.15, 0.2) is 6.61 Å². The van der Waals surface area contributed by atoms with Crippen LogP contribution in [-0.4, -0.2) is 44.7 Å². The van der Waals surface area contributed by atoms with Crippen molar-refractivity contribution in [1.29, 1.82) is 0 Å².